The highest BCUT2D eigenvalue weighted by Gasteiger charge is 2.38. The summed E-state index contributed by atoms with van der Waals surface area (Å²) in [5.41, 5.74) is 7.38. The zero-order chi connectivity index (χ0) is 20.3. The topological polar surface area (TPSA) is 97.8 Å². The van der Waals surface area contributed by atoms with Crippen LogP contribution in [0.1, 0.15) is 25.3 Å². The summed E-state index contributed by atoms with van der Waals surface area (Å²) in [5.74, 6) is 0.607. The smallest absolute Gasteiger partial charge is 0.449 e. The Morgan fingerprint density at radius 3 is 2.76 bits per heavy atom. The van der Waals surface area contributed by atoms with E-state index in [2.05, 4.69) is 17.1 Å². The fourth-order valence-corrected chi connectivity index (χ4v) is 5.10. The Hall–Kier alpha value is -2.51. The molecule has 29 heavy (non-hydrogen) atoms. The molecule has 0 radical (unpaired) electrons. The molecule has 1 saturated heterocycles. The van der Waals surface area contributed by atoms with E-state index in [1.807, 2.05) is 10.6 Å². The highest BCUT2D eigenvalue weighted by Crippen LogP contribution is 2.43. The van der Waals surface area contributed by atoms with E-state index >= 15 is 0 Å². The van der Waals surface area contributed by atoms with E-state index in [4.69, 9.17) is 27.2 Å². The van der Waals surface area contributed by atoms with E-state index < -0.39 is 11.6 Å². The lowest BCUT2D eigenvalue weighted by Gasteiger charge is -2.25. The van der Waals surface area contributed by atoms with Crippen molar-refractivity contribution in [1.82, 2.24) is 4.57 Å². The normalized spacial score (nSPS) is 26.0. The van der Waals surface area contributed by atoms with Crippen molar-refractivity contribution in [2.24, 2.45) is 17.6 Å². The van der Waals surface area contributed by atoms with Crippen LogP contribution in [0.25, 0.3) is 10.9 Å². The van der Waals surface area contributed by atoms with E-state index in [1.54, 1.807) is 6.07 Å². The van der Waals surface area contributed by atoms with Crippen molar-refractivity contribution in [3.05, 3.63) is 45.7 Å². The minimum atomic E-state index is -1.50. The van der Waals surface area contributed by atoms with Crippen molar-refractivity contribution < 1.29 is 14.6 Å². The van der Waals surface area contributed by atoms with E-state index in [9.17, 15) is 9.59 Å². The Kier molecular flexibility index (Phi) is 4.33. The zero-order valence-corrected chi connectivity index (χ0v) is 16.5. The number of carbonyl (C=O) groups is 1. The van der Waals surface area contributed by atoms with Crippen molar-refractivity contribution in [1.29, 1.82) is 0 Å². The predicted molar refractivity (Wildman–Crippen MR) is 111 cm³/mol. The number of nitrogens with two attached hydrogens (primary N) is 1. The molecule has 0 bridgehead atoms. The zero-order valence-electron chi connectivity index (χ0n) is 15.8. The van der Waals surface area contributed by atoms with Crippen LogP contribution in [0.4, 0.5) is 10.5 Å². The number of anilines is 1. The third kappa shape index (κ3) is 3.09. The number of halogens is 1. The van der Waals surface area contributed by atoms with Gasteiger partial charge in [0, 0.05) is 31.1 Å². The summed E-state index contributed by atoms with van der Waals surface area (Å²) in [7, 11) is 0. The van der Waals surface area contributed by atoms with Crippen LogP contribution >= 0.6 is 11.6 Å². The molecule has 5 rings (SSSR count). The first-order valence-corrected chi connectivity index (χ1v) is 10.3. The molecule has 1 saturated carbocycles. The number of aromatic nitrogens is 1. The van der Waals surface area contributed by atoms with Gasteiger partial charge in [0.15, 0.2) is 5.75 Å². The van der Waals surface area contributed by atoms with Gasteiger partial charge in [0.25, 0.3) is 0 Å². The van der Waals surface area contributed by atoms with Crippen LogP contribution in [-0.2, 0) is 0 Å². The summed E-state index contributed by atoms with van der Waals surface area (Å²) >= 11 is 6.85. The van der Waals surface area contributed by atoms with Gasteiger partial charge in [-0.15, -0.1) is 0 Å². The largest absolute Gasteiger partial charge is 0.511 e. The molecule has 3 atom stereocenters. The highest BCUT2D eigenvalue weighted by atomic mass is 35.5. The number of rotatable bonds is 3. The van der Waals surface area contributed by atoms with Crippen LogP contribution in [-0.4, -0.2) is 35.0 Å². The van der Waals surface area contributed by atoms with Gasteiger partial charge in [-0.3, -0.25) is 4.79 Å². The molecule has 8 heteroatoms. The summed E-state index contributed by atoms with van der Waals surface area (Å²) in [5, 5.41) is 9.85. The first-order valence-electron chi connectivity index (χ1n) is 9.89. The van der Waals surface area contributed by atoms with Gasteiger partial charge in [-0.05, 0) is 37.3 Å². The third-order valence-corrected chi connectivity index (χ3v) is 6.68. The molecule has 2 fully saturated rings. The monoisotopic (exact) mass is 415 g/mol. The number of hydrogen-bond acceptors (Lipinski definition) is 5. The number of nitrogens with zero attached hydrogens (tertiary/aromatic N) is 2. The molecule has 0 spiro atoms. The van der Waals surface area contributed by atoms with Gasteiger partial charge >= 0.3 is 6.16 Å². The first kappa shape index (κ1) is 18.5. The number of fused-ring (bicyclic) bond motifs is 2. The van der Waals surface area contributed by atoms with Gasteiger partial charge in [-0.2, -0.15) is 0 Å². The molecule has 0 amide bonds. The summed E-state index contributed by atoms with van der Waals surface area (Å²) < 4.78 is 6.62. The number of benzene rings is 1. The van der Waals surface area contributed by atoms with Crippen molar-refractivity contribution >= 4 is 34.3 Å². The van der Waals surface area contributed by atoms with Gasteiger partial charge in [-0.1, -0.05) is 23.8 Å². The number of pyridine rings is 1. The lowest BCUT2D eigenvalue weighted by Crippen LogP contribution is -2.36. The minimum Gasteiger partial charge on any atom is -0.449 e. The third-order valence-electron chi connectivity index (χ3n) is 6.31. The first-order chi connectivity index (χ1) is 13.9. The van der Waals surface area contributed by atoms with E-state index in [0.717, 1.165) is 38.0 Å². The van der Waals surface area contributed by atoms with Gasteiger partial charge < -0.3 is 25.0 Å². The second-order valence-electron chi connectivity index (χ2n) is 8.18. The molecule has 7 nitrogen and oxygen atoms in total. The molecule has 2 heterocycles. The van der Waals surface area contributed by atoms with Crippen LogP contribution in [0.2, 0.25) is 5.02 Å². The molecule has 1 aliphatic heterocycles. The molecule has 152 valence electrons. The van der Waals surface area contributed by atoms with Crippen LogP contribution in [0.3, 0.4) is 0 Å². The van der Waals surface area contributed by atoms with E-state index in [1.165, 1.54) is 6.20 Å². The Bertz CT molecular complexity index is 1090. The Morgan fingerprint density at radius 2 is 2.07 bits per heavy atom. The quantitative estimate of drug-likeness (QED) is 0.589. The molecular weight excluding hydrogens is 394 g/mol. The van der Waals surface area contributed by atoms with E-state index in [0.29, 0.717) is 27.8 Å². The highest BCUT2D eigenvalue weighted by molar-refractivity contribution is 6.38. The van der Waals surface area contributed by atoms with Crippen molar-refractivity contribution in [3.63, 3.8) is 0 Å². The molecule has 3 N–H and O–H groups in total. The fourth-order valence-electron chi connectivity index (χ4n) is 4.72. The summed E-state index contributed by atoms with van der Waals surface area (Å²) in [6.45, 7) is 1.67. The average Bonchev–Trinajstić information content (AvgIpc) is 3.43. The van der Waals surface area contributed by atoms with Gasteiger partial charge in [0.2, 0.25) is 5.43 Å². The maximum atomic E-state index is 12.8. The van der Waals surface area contributed by atoms with Crippen LogP contribution in [0.15, 0.2) is 35.3 Å². The number of ether oxygens (including phenoxy) is 1. The van der Waals surface area contributed by atoms with Crippen LogP contribution < -0.4 is 20.8 Å². The number of carboxylic acid groups (broad SMARTS) is 1. The summed E-state index contributed by atoms with van der Waals surface area (Å²) in [6, 6.07) is 3.92. The Labute approximate surface area is 172 Å². The molecule has 2 aliphatic carbocycles. The molecule has 1 aromatic carbocycles. The predicted octanol–water partition coefficient (Wildman–Crippen LogP) is 3.39. The standard InChI is InChI=1S/C21H22ClN3O4/c22-18-16(24-8-11-2-1-3-15(23)14(11)9-24)7-6-13-19(18)25(12-4-5-12)10-17(20(13)26)29-21(27)28/h1-2,6-7,10-12,14-15H,3-5,8-9,23H2,(H,27,28). The van der Waals surface area contributed by atoms with E-state index in [-0.39, 0.29) is 17.8 Å². The van der Waals surface area contributed by atoms with Gasteiger partial charge in [0.05, 0.1) is 27.8 Å². The van der Waals surface area contributed by atoms with Crippen molar-refractivity contribution in [3.8, 4) is 5.75 Å². The Balaban J connectivity index is 1.62. The van der Waals surface area contributed by atoms with Gasteiger partial charge in [-0.25, -0.2) is 4.79 Å². The maximum Gasteiger partial charge on any atom is 0.511 e. The van der Waals surface area contributed by atoms with Crippen molar-refractivity contribution in [2.75, 3.05) is 18.0 Å². The number of hydrogen-bond donors (Lipinski definition) is 2. The minimum absolute atomic E-state index is 0.148. The second-order valence-corrected chi connectivity index (χ2v) is 8.56. The second kappa shape index (κ2) is 6.78. The van der Waals surface area contributed by atoms with Gasteiger partial charge in [0.1, 0.15) is 0 Å². The van der Waals surface area contributed by atoms with Crippen LogP contribution in [0, 0.1) is 11.8 Å². The maximum absolute atomic E-state index is 12.8. The average molecular weight is 416 g/mol. The lowest BCUT2D eigenvalue weighted by atomic mass is 9.83. The molecule has 1 aromatic heterocycles. The summed E-state index contributed by atoms with van der Waals surface area (Å²) in [4.78, 5) is 26.0. The van der Waals surface area contributed by atoms with Crippen LogP contribution in [0.5, 0.6) is 5.75 Å². The molecule has 3 aliphatic rings. The SMILES string of the molecule is NC1CC=CC2CN(c3ccc4c(=O)c(OC(=O)O)cn(C5CC5)c4c3Cl)CC12. The molecule has 2 aromatic rings. The fraction of sp³-hybridized carbons (Fsp3) is 0.429. The lowest BCUT2D eigenvalue weighted by molar-refractivity contribution is 0.143. The molecule has 3 unspecified atom stereocenters. The Morgan fingerprint density at radius 1 is 1.28 bits per heavy atom. The van der Waals surface area contributed by atoms with Crippen molar-refractivity contribution in [2.45, 2.75) is 31.3 Å². The summed E-state index contributed by atoms with van der Waals surface area (Å²) in [6.07, 6.45) is 7.19. The molecular formula is C21H22ClN3O4.